The molecule has 0 N–H and O–H groups in total. The second kappa shape index (κ2) is 8.32. The van der Waals surface area contributed by atoms with Gasteiger partial charge in [-0.05, 0) is 55.7 Å². The van der Waals surface area contributed by atoms with Crippen LogP contribution in [0.2, 0.25) is 0 Å². The fourth-order valence-corrected chi connectivity index (χ4v) is 5.37. The van der Waals surface area contributed by atoms with Gasteiger partial charge in [0.05, 0.1) is 0 Å². The highest BCUT2D eigenvalue weighted by Gasteiger charge is 2.43. The predicted molar refractivity (Wildman–Crippen MR) is 108 cm³/mol. The summed E-state index contributed by atoms with van der Waals surface area (Å²) in [6.45, 7) is 7.82. The molecule has 1 atom stereocenters. The summed E-state index contributed by atoms with van der Waals surface area (Å²) in [5.41, 5.74) is 2.89. The van der Waals surface area contributed by atoms with Crippen molar-refractivity contribution in [1.29, 1.82) is 0 Å². The smallest absolute Gasteiger partial charge is 0.222 e. The van der Waals surface area contributed by atoms with E-state index in [9.17, 15) is 4.79 Å². The molecule has 1 aromatic carbocycles. The van der Waals surface area contributed by atoms with Crippen molar-refractivity contribution in [2.24, 2.45) is 5.92 Å². The normalized spacial score (nSPS) is 27.4. The topological polar surface area (TPSA) is 32.8 Å². The Morgan fingerprint density at radius 1 is 1.19 bits per heavy atom. The summed E-state index contributed by atoms with van der Waals surface area (Å²) in [5.74, 6) is 1.03. The van der Waals surface area contributed by atoms with E-state index in [1.807, 2.05) is 6.92 Å². The van der Waals surface area contributed by atoms with E-state index in [1.165, 1.54) is 56.3 Å². The van der Waals surface area contributed by atoms with Crippen LogP contribution < -0.4 is 0 Å². The molecule has 3 aliphatic rings. The van der Waals surface area contributed by atoms with Crippen molar-refractivity contribution < 1.29 is 9.53 Å². The number of amides is 1. The third-order valence-corrected chi connectivity index (χ3v) is 6.95. The molecule has 3 heterocycles. The van der Waals surface area contributed by atoms with Gasteiger partial charge in [-0.25, -0.2) is 0 Å². The van der Waals surface area contributed by atoms with Crippen LogP contribution >= 0.6 is 0 Å². The summed E-state index contributed by atoms with van der Waals surface area (Å²) in [7, 11) is 0. The Labute approximate surface area is 163 Å². The highest BCUT2D eigenvalue weighted by molar-refractivity contribution is 5.76. The Kier molecular flexibility index (Phi) is 5.84. The first-order valence-electron chi connectivity index (χ1n) is 10.9. The van der Waals surface area contributed by atoms with Crippen molar-refractivity contribution >= 4 is 5.91 Å². The molecule has 1 unspecified atom stereocenters. The molecule has 3 aliphatic heterocycles. The zero-order valence-corrected chi connectivity index (χ0v) is 16.8. The van der Waals surface area contributed by atoms with Gasteiger partial charge in [0.1, 0.15) is 0 Å². The van der Waals surface area contributed by atoms with Crippen LogP contribution in [0.25, 0.3) is 0 Å². The Hall–Kier alpha value is -1.39. The minimum atomic E-state index is 0.105. The Balaban J connectivity index is 1.64. The SMILES string of the molecule is CCC(=O)N1Cc2ccccc2CC2(CCCCN2CC2CCOCC2)C1. The van der Waals surface area contributed by atoms with E-state index in [0.29, 0.717) is 12.3 Å². The first kappa shape index (κ1) is 18.9. The number of ether oxygens (including phenoxy) is 1. The van der Waals surface area contributed by atoms with Crippen LogP contribution in [0.4, 0.5) is 0 Å². The van der Waals surface area contributed by atoms with Gasteiger partial charge in [-0.3, -0.25) is 9.69 Å². The second-order valence-electron chi connectivity index (χ2n) is 8.73. The van der Waals surface area contributed by atoms with E-state index < -0.39 is 0 Å². The zero-order chi connectivity index (χ0) is 18.7. The van der Waals surface area contributed by atoms with E-state index >= 15 is 0 Å². The number of hydrogen-bond acceptors (Lipinski definition) is 3. The number of benzene rings is 1. The summed E-state index contributed by atoms with van der Waals surface area (Å²) in [6.07, 6.45) is 7.81. The van der Waals surface area contributed by atoms with Crippen LogP contribution in [0.3, 0.4) is 0 Å². The molecule has 0 radical (unpaired) electrons. The van der Waals surface area contributed by atoms with Crippen molar-refractivity contribution in [1.82, 2.24) is 9.80 Å². The summed E-state index contributed by atoms with van der Waals surface area (Å²) in [5, 5.41) is 0. The highest BCUT2D eigenvalue weighted by atomic mass is 16.5. The molecule has 0 saturated carbocycles. The molecule has 0 aromatic heterocycles. The summed E-state index contributed by atoms with van der Waals surface area (Å²) in [4.78, 5) is 17.7. The number of likely N-dealkylation sites (tertiary alicyclic amines) is 1. The van der Waals surface area contributed by atoms with E-state index in [-0.39, 0.29) is 5.54 Å². The largest absolute Gasteiger partial charge is 0.381 e. The molecule has 2 fully saturated rings. The van der Waals surface area contributed by atoms with Gasteiger partial charge in [-0.1, -0.05) is 37.6 Å². The number of carbonyl (C=O) groups excluding carboxylic acids is 1. The van der Waals surface area contributed by atoms with E-state index in [0.717, 1.165) is 38.6 Å². The first-order chi connectivity index (χ1) is 13.2. The van der Waals surface area contributed by atoms with Gasteiger partial charge in [0.25, 0.3) is 0 Å². The monoisotopic (exact) mass is 370 g/mol. The molecule has 4 nitrogen and oxygen atoms in total. The Morgan fingerprint density at radius 3 is 2.74 bits per heavy atom. The van der Waals surface area contributed by atoms with Crippen molar-refractivity contribution in [2.75, 3.05) is 32.8 Å². The number of fused-ring (bicyclic) bond motifs is 1. The molecule has 0 bridgehead atoms. The third kappa shape index (κ3) is 4.07. The number of hydrogen-bond donors (Lipinski definition) is 0. The minimum absolute atomic E-state index is 0.105. The summed E-state index contributed by atoms with van der Waals surface area (Å²) >= 11 is 0. The number of nitrogens with zero attached hydrogens (tertiary/aromatic N) is 2. The number of carbonyl (C=O) groups is 1. The Bertz CT molecular complexity index is 656. The van der Waals surface area contributed by atoms with Crippen LogP contribution in [0.15, 0.2) is 24.3 Å². The number of piperidine rings is 1. The van der Waals surface area contributed by atoms with Crippen molar-refractivity contribution in [3.05, 3.63) is 35.4 Å². The van der Waals surface area contributed by atoms with Gasteiger partial charge < -0.3 is 9.64 Å². The minimum Gasteiger partial charge on any atom is -0.381 e. The second-order valence-corrected chi connectivity index (χ2v) is 8.73. The zero-order valence-electron chi connectivity index (χ0n) is 16.8. The van der Waals surface area contributed by atoms with Crippen LogP contribution in [-0.2, 0) is 22.5 Å². The molecule has 27 heavy (non-hydrogen) atoms. The molecule has 148 valence electrons. The fraction of sp³-hybridized carbons (Fsp3) is 0.696. The van der Waals surface area contributed by atoms with Crippen LogP contribution in [-0.4, -0.2) is 54.1 Å². The lowest BCUT2D eigenvalue weighted by molar-refractivity contribution is -0.134. The maximum absolute atomic E-state index is 12.7. The van der Waals surface area contributed by atoms with Crippen LogP contribution in [0.1, 0.15) is 56.6 Å². The van der Waals surface area contributed by atoms with Gasteiger partial charge in [0.15, 0.2) is 0 Å². The Morgan fingerprint density at radius 2 is 1.96 bits per heavy atom. The molecule has 0 aliphatic carbocycles. The quantitative estimate of drug-likeness (QED) is 0.814. The average molecular weight is 371 g/mol. The lowest BCUT2D eigenvalue weighted by Gasteiger charge is -2.50. The van der Waals surface area contributed by atoms with Gasteiger partial charge >= 0.3 is 0 Å². The van der Waals surface area contributed by atoms with E-state index in [1.54, 1.807) is 0 Å². The summed E-state index contributed by atoms with van der Waals surface area (Å²) < 4.78 is 5.58. The van der Waals surface area contributed by atoms with Crippen molar-refractivity contribution in [2.45, 2.75) is 64.0 Å². The lowest BCUT2D eigenvalue weighted by atomic mass is 9.79. The van der Waals surface area contributed by atoms with Crippen LogP contribution in [0, 0.1) is 5.92 Å². The lowest BCUT2D eigenvalue weighted by Crippen LogP contribution is -2.60. The third-order valence-electron chi connectivity index (χ3n) is 6.95. The number of rotatable bonds is 3. The van der Waals surface area contributed by atoms with Gasteiger partial charge in [-0.15, -0.1) is 0 Å². The van der Waals surface area contributed by atoms with Gasteiger partial charge in [-0.2, -0.15) is 0 Å². The molecule has 4 rings (SSSR count). The van der Waals surface area contributed by atoms with Crippen LogP contribution in [0.5, 0.6) is 0 Å². The fourth-order valence-electron chi connectivity index (χ4n) is 5.37. The summed E-state index contributed by atoms with van der Waals surface area (Å²) in [6, 6.07) is 8.79. The first-order valence-corrected chi connectivity index (χ1v) is 10.9. The maximum Gasteiger partial charge on any atom is 0.222 e. The highest BCUT2D eigenvalue weighted by Crippen LogP contribution is 2.37. The van der Waals surface area contributed by atoms with E-state index in [2.05, 4.69) is 34.1 Å². The standard InChI is InChI=1S/C23H34N2O2/c1-2-22(26)24-17-21-8-4-3-7-20(21)15-23(18-24)11-5-6-12-25(23)16-19-9-13-27-14-10-19/h3-4,7-8,19H,2,5-6,9-18H2,1H3. The predicted octanol–water partition coefficient (Wildman–Crippen LogP) is 3.63. The average Bonchev–Trinajstić information content (AvgIpc) is 2.87. The van der Waals surface area contributed by atoms with Crippen molar-refractivity contribution in [3.63, 3.8) is 0 Å². The molecule has 1 aromatic rings. The van der Waals surface area contributed by atoms with Gasteiger partial charge in [0.2, 0.25) is 5.91 Å². The van der Waals surface area contributed by atoms with Crippen molar-refractivity contribution in [3.8, 4) is 0 Å². The molecule has 4 heteroatoms. The molecular formula is C23H34N2O2. The van der Waals surface area contributed by atoms with E-state index in [4.69, 9.17) is 4.74 Å². The maximum atomic E-state index is 12.7. The van der Waals surface area contributed by atoms with Gasteiger partial charge in [0, 0.05) is 44.8 Å². The molecule has 2 saturated heterocycles. The molecule has 1 spiro atoms. The molecule has 1 amide bonds. The molecular weight excluding hydrogens is 336 g/mol.